The zero-order valence-electron chi connectivity index (χ0n) is 11.8. The number of nitrogens with one attached hydrogen (secondary N) is 2. The van der Waals surface area contributed by atoms with Gasteiger partial charge in [-0.1, -0.05) is 32.1 Å². The van der Waals surface area contributed by atoms with E-state index in [-0.39, 0.29) is 18.0 Å². The smallest absolute Gasteiger partial charge is 0.324 e. The van der Waals surface area contributed by atoms with Gasteiger partial charge in [0.05, 0.1) is 6.04 Å². The summed E-state index contributed by atoms with van der Waals surface area (Å²) in [5, 5.41) is 6.08. The summed E-state index contributed by atoms with van der Waals surface area (Å²) < 4.78 is 0. The number of hydrogen-bond acceptors (Lipinski definition) is 3. The van der Waals surface area contributed by atoms with Gasteiger partial charge in [0.25, 0.3) is 0 Å². The molecule has 0 aromatic rings. The second-order valence-corrected chi connectivity index (χ2v) is 5.65. The molecule has 0 unspecified atom stereocenters. The molecule has 5 heteroatoms. The highest BCUT2D eigenvalue weighted by atomic mass is 16.2. The first-order valence-electron chi connectivity index (χ1n) is 7.54. The molecule has 2 rings (SSSR count). The molecule has 2 N–H and O–H groups in total. The van der Waals surface area contributed by atoms with Crippen molar-refractivity contribution < 1.29 is 9.59 Å². The van der Waals surface area contributed by atoms with Crippen LogP contribution in [0.15, 0.2) is 0 Å². The van der Waals surface area contributed by atoms with Crippen LogP contribution in [-0.4, -0.2) is 42.0 Å². The quantitative estimate of drug-likeness (QED) is 0.817. The summed E-state index contributed by atoms with van der Waals surface area (Å²) in [7, 11) is 0. The largest absolute Gasteiger partial charge is 0.336 e. The lowest BCUT2D eigenvalue weighted by molar-refractivity contribution is -0.129. The average Bonchev–Trinajstić information content (AvgIpc) is 2.77. The maximum absolute atomic E-state index is 12.2. The first-order valence-corrected chi connectivity index (χ1v) is 7.54. The first-order chi connectivity index (χ1) is 9.18. The van der Waals surface area contributed by atoms with Crippen molar-refractivity contribution in [1.29, 1.82) is 0 Å². The van der Waals surface area contributed by atoms with Crippen LogP contribution in [-0.2, 0) is 4.79 Å². The molecule has 2 fully saturated rings. The molecular weight excluding hydrogens is 242 g/mol. The average molecular weight is 267 g/mol. The van der Waals surface area contributed by atoms with Gasteiger partial charge in [-0.3, -0.25) is 9.69 Å². The third kappa shape index (κ3) is 3.93. The van der Waals surface area contributed by atoms with Crippen molar-refractivity contribution in [2.75, 3.05) is 13.1 Å². The van der Waals surface area contributed by atoms with Crippen LogP contribution in [0, 0.1) is 0 Å². The molecule has 1 saturated carbocycles. The topological polar surface area (TPSA) is 61.4 Å². The third-order valence-electron chi connectivity index (χ3n) is 4.08. The normalized spacial score (nSPS) is 23.6. The predicted molar refractivity (Wildman–Crippen MR) is 73.8 cm³/mol. The number of carbonyl (C=O) groups is 2. The van der Waals surface area contributed by atoms with Crippen LogP contribution in [0.1, 0.15) is 51.9 Å². The second kappa shape index (κ2) is 6.89. The van der Waals surface area contributed by atoms with Crippen molar-refractivity contribution in [3.05, 3.63) is 0 Å². The molecule has 108 valence electrons. The zero-order valence-corrected chi connectivity index (χ0v) is 11.8. The van der Waals surface area contributed by atoms with Crippen LogP contribution in [0.25, 0.3) is 0 Å². The fraction of sp³-hybridized carbons (Fsp3) is 0.857. The molecule has 0 aromatic heterocycles. The van der Waals surface area contributed by atoms with Gasteiger partial charge >= 0.3 is 6.03 Å². The number of urea groups is 1. The van der Waals surface area contributed by atoms with Crippen LogP contribution in [0.2, 0.25) is 0 Å². The number of rotatable bonds is 3. The molecule has 0 radical (unpaired) electrons. The Morgan fingerprint density at radius 3 is 2.47 bits per heavy atom. The minimum atomic E-state index is -0.270. The van der Waals surface area contributed by atoms with E-state index in [1.165, 1.54) is 37.0 Å². The number of carbonyl (C=O) groups excluding carboxylic acids is 2. The third-order valence-corrected chi connectivity index (χ3v) is 4.08. The Morgan fingerprint density at radius 2 is 1.89 bits per heavy atom. The summed E-state index contributed by atoms with van der Waals surface area (Å²) in [6, 6.07) is -0.102. The Bertz CT molecular complexity index is 325. The van der Waals surface area contributed by atoms with E-state index in [1.807, 2.05) is 6.92 Å². The fourth-order valence-corrected chi connectivity index (χ4v) is 2.96. The zero-order chi connectivity index (χ0) is 13.7. The van der Waals surface area contributed by atoms with Crippen LogP contribution in [0.3, 0.4) is 0 Å². The maximum atomic E-state index is 12.2. The van der Waals surface area contributed by atoms with E-state index in [9.17, 15) is 9.59 Å². The van der Waals surface area contributed by atoms with Gasteiger partial charge < -0.3 is 10.6 Å². The monoisotopic (exact) mass is 267 g/mol. The highest BCUT2D eigenvalue weighted by molar-refractivity contribution is 5.98. The summed E-state index contributed by atoms with van der Waals surface area (Å²) in [6.45, 7) is 2.93. The predicted octanol–water partition coefficient (Wildman–Crippen LogP) is 1.63. The lowest BCUT2D eigenvalue weighted by Gasteiger charge is -2.26. The van der Waals surface area contributed by atoms with Crippen molar-refractivity contribution in [2.24, 2.45) is 0 Å². The molecule has 1 aliphatic carbocycles. The van der Waals surface area contributed by atoms with E-state index >= 15 is 0 Å². The Hall–Kier alpha value is -1.10. The summed E-state index contributed by atoms with van der Waals surface area (Å²) in [5.74, 6) is -0.0999. The van der Waals surface area contributed by atoms with Crippen LogP contribution in [0.5, 0.6) is 0 Å². The van der Waals surface area contributed by atoms with Gasteiger partial charge in [-0.2, -0.15) is 0 Å². The van der Waals surface area contributed by atoms with E-state index in [4.69, 9.17) is 0 Å². The van der Waals surface area contributed by atoms with Crippen molar-refractivity contribution in [2.45, 2.75) is 64.0 Å². The Balaban J connectivity index is 1.83. The molecule has 1 atom stereocenters. The number of imide groups is 1. The highest BCUT2D eigenvalue weighted by Gasteiger charge is 2.30. The van der Waals surface area contributed by atoms with Crippen LogP contribution < -0.4 is 10.6 Å². The van der Waals surface area contributed by atoms with Gasteiger partial charge in [-0.05, 0) is 19.8 Å². The molecule has 0 bridgehead atoms. The van der Waals surface area contributed by atoms with Crippen molar-refractivity contribution >= 4 is 11.9 Å². The highest BCUT2D eigenvalue weighted by Crippen LogP contribution is 2.17. The molecular formula is C14H25N3O2. The number of nitrogens with zero attached hydrogens (tertiary/aromatic N) is 1. The standard InChI is InChI=1S/C14H25N3O2/c1-11(13(18)17-10-9-15-14(17)19)16-12-7-5-3-2-4-6-8-12/h11-12,16H,2-10H2,1H3,(H,15,19)/t11-/m0/s1. The van der Waals surface area contributed by atoms with Gasteiger partial charge in [-0.25, -0.2) is 4.79 Å². The number of amides is 3. The maximum Gasteiger partial charge on any atom is 0.324 e. The molecule has 1 aliphatic heterocycles. The molecule has 2 aliphatic rings. The second-order valence-electron chi connectivity index (χ2n) is 5.65. The minimum absolute atomic E-state index is 0.0999. The SMILES string of the molecule is C[C@H](NC1CCCCCCC1)C(=O)N1CCNC1=O. The molecule has 19 heavy (non-hydrogen) atoms. The summed E-state index contributed by atoms with van der Waals surface area (Å²) in [5.41, 5.74) is 0. The summed E-state index contributed by atoms with van der Waals surface area (Å²) in [6.07, 6.45) is 8.71. The van der Waals surface area contributed by atoms with Gasteiger partial charge in [0.15, 0.2) is 0 Å². The van der Waals surface area contributed by atoms with Crippen molar-refractivity contribution in [3.8, 4) is 0 Å². The van der Waals surface area contributed by atoms with Crippen LogP contribution >= 0.6 is 0 Å². The van der Waals surface area contributed by atoms with E-state index < -0.39 is 0 Å². The molecule has 0 spiro atoms. The molecule has 0 aromatic carbocycles. The van der Waals surface area contributed by atoms with Crippen molar-refractivity contribution in [1.82, 2.24) is 15.5 Å². The Kier molecular flexibility index (Phi) is 5.19. The fourth-order valence-electron chi connectivity index (χ4n) is 2.96. The van der Waals surface area contributed by atoms with Gasteiger partial charge in [-0.15, -0.1) is 0 Å². The number of hydrogen-bond donors (Lipinski definition) is 2. The van der Waals surface area contributed by atoms with E-state index in [0.29, 0.717) is 19.1 Å². The van der Waals surface area contributed by atoms with Crippen molar-refractivity contribution in [3.63, 3.8) is 0 Å². The summed E-state index contributed by atoms with van der Waals surface area (Å²) in [4.78, 5) is 25.0. The van der Waals surface area contributed by atoms with E-state index in [1.54, 1.807) is 0 Å². The Labute approximate surface area is 115 Å². The van der Waals surface area contributed by atoms with E-state index in [0.717, 1.165) is 12.8 Å². The summed E-state index contributed by atoms with van der Waals surface area (Å²) >= 11 is 0. The molecule has 5 nitrogen and oxygen atoms in total. The molecule has 1 saturated heterocycles. The molecule has 1 heterocycles. The van der Waals surface area contributed by atoms with E-state index in [2.05, 4.69) is 10.6 Å². The first kappa shape index (κ1) is 14.3. The minimum Gasteiger partial charge on any atom is -0.336 e. The lowest BCUT2D eigenvalue weighted by Crippen LogP contribution is -2.49. The molecule has 3 amide bonds. The van der Waals surface area contributed by atoms with Gasteiger partial charge in [0.1, 0.15) is 0 Å². The van der Waals surface area contributed by atoms with Gasteiger partial charge in [0.2, 0.25) is 5.91 Å². The van der Waals surface area contributed by atoms with Gasteiger partial charge in [0, 0.05) is 19.1 Å². The Morgan fingerprint density at radius 1 is 1.26 bits per heavy atom. The van der Waals surface area contributed by atoms with Crippen LogP contribution in [0.4, 0.5) is 4.79 Å². The lowest BCUT2D eigenvalue weighted by atomic mass is 9.96.